The third kappa shape index (κ3) is 6.42. The van der Waals surface area contributed by atoms with E-state index in [0.717, 1.165) is 24.1 Å². The van der Waals surface area contributed by atoms with Gasteiger partial charge in [-0.1, -0.05) is 32.9 Å². The Morgan fingerprint density at radius 3 is 2.69 bits per heavy atom. The van der Waals surface area contributed by atoms with Crippen molar-refractivity contribution in [1.29, 1.82) is 0 Å². The van der Waals surface area contributed by atoms with Gasteiger partial charge in [0.2, 0.25) is 5.91 Å². The highest BCUT2D eigenvalue weighted by Gasteiger charge is 2.40. The highest BCUT2D eigenvalue weighted by Crippen LogP contribution is 2.40. The first kappa shape index (κ1) is 26.3. The summed E-state index contributed by atoms with van der Waals surface area (Å²) in [5.74, 6) is -0.323. The Morgan fingerprint density at radius 2 is 1.97 bits per heavy atom. The summed E-state index contributed by atoms with van der Waals surface area (Å²) in [4.78, 5) is 28.2. The van der Waals surface area contributed by atoms with E-state index in [2.05, 4.69) is 15.4 Å². The molecular formula is C26H33FN4O4. The SMILES string of the molecule is CC.CCC(=O)OCC1CC[C@](C)(c2ccc3c(NC(=O)CCc4ccc(F)cc4)ncnn23)O1. The molecule has 9 heteroatoms. The lowest BCUT2D eigenvalue weighted by atomic mass is 9.98. The minimum absolute atomic E-state index is 0.177. The number of carbonyl (C=O) groups is 2. The van der Waals surface area contributed by atoms with Crippen molar-refractivity contribution in [1.82, 2.24) is 14.6 Å². The Kier molecular flexibility index (Phi) is 8.92. The Balaban J connectivity index is 0.00000167. The molecule has 0 bridgehead atoms. The molecule has 0 aliphatic carbocycles. The minimum atomic E-state index is -0.603. The third-order valence-corrected chi connectivity index (χ3v) is 5.89. The number of ether oxygens (including phenoxy) is 2. The molecule has 1 N–H and O–H groups in total. The molecule has 0 spiro atoms. The lowest BCUT2D eigenvalue weighted by Crippen LogP contribution is -2.27. The number of hydrogen-bond donors (Lipinski definition) is 1. The van der Waals surface area contributed by atoms with Crippen LogP contribution >= 0.6 is 0 Å². The second-order valence-corrected chi connectivity index (χ2v) is 8.34. The van der Waals surface area contributed by atoms with Gasteiger partial charge in [-0.2, -0.15) is 5.10 Å². The van der Waals surface area contributed by atoms with E-state index in [0.29, 0.717) is 24.2 Å². The number of aryl methyl sites for hydroxylation is 1. The van der Waals surface area contributed by atoms with Gasteiger partial charge in [0.05, 0.1) is 11.8 Å². The van der Waals surface area contributed by atoms with Gasteiger partial charge >= 0.3 is 5.97 Å². The predicted octanol–water partition coefficient (Wildman–Crippen LogP) is 4.81. The van der Waals surface area contributed by atoms with Gasteiger partial charge in [-0.05, 0) is 56.0 Å². The maximum atomic E-state index is 13.0. The average Bonchev–Trinajstić information content (AvgIpc) is 3.48. The monoisotopic (exact) mass is 484 g/mol. The fraction of sp³-hybridized carbons (Fsp3) is 0.462. The molecule has 0 saturated carbocycles. The van der Waals surface area contributed by atoms with Crippen molar-refractivity contribution in [3.63, 3.8) is 0 Å². The van der Waals surface area contributed by atoms with Crippen LogP contribution < -0.4 is 5.32 Å². The number of aromatic nitrogens is 3. The van der Waals surface area contributed by atoms with Gasteiger partial charge in [-0.25, -0.2) is 13.9 Å². The number of anilines is 1. The maximum absolute atomic E-state index is 13.0. The molecule has 1 aliphatic heterocycles. The van der Waals surface area contributed by atoms with Gasteiger partial charge in [-0.3, -0.25) is 9.59 Å². The molecule has 1 aromatic carbocycles. The summed E-state index contributed by atoms with van der Waals surface area (Å²) in [7, 11) is 0. The van der Waals surface area contributed by atoms with Crippen molar-refractivity contribution in [2.75, 3.05) is 11.9 Å². The van der Waals surface area contributed by atoms with Crippen molar-refractivity contribution in [3.05, 3.63) is 59.8 Å². The Morgan fingerprint density at radius 1 is 1.23 bits per heavy atom. The second kappa shape index (κ2) is 11.9. The van der Waals surface area contributed by atoms with Crippen LogP contribution in [-0.2, 0) is 31.1 Å². The number of rotatable bonds is 8. The summed E-state index contributed by atoms with van der Waals surface area (Å²) in [6.45, 7) is 7.98. The Hall–Kier alpha value is -3.33. The fourth-order valence-corrected chi connectivity index (χ4v) is 4.05. The molecule has 35 heavy (non-hydrogen) atoms. The van der Waals surface area contributed by atoms with Crippen molar-refractivity contribution in [2.24, 2.45) is 0 Å². The lowest BCUT2D eigenvalue weighted by Gasteiger charge is -2.24. The van der Waals surface area contributed by atoms with Gasteiger partial charge in [0.1, 0.15) is 29.9 Å². The van der Waals surface area contributed by atoms with Gasteiger partial charge in [0.25, 0.3) is 0 Å². The number of halogens is 1. The largest absolute Gasteiger partial charge is 0.463 e. The molecule has 188 valence electrons. The quantitative estimate of drug-likeness (QED) is 0.461. The van der Waals surface area contributed by atoms with Crippen LogP contribution in [0.4, 0.5) is 10.2 Å². The van der Waals surface area contributed by atoms with Gasteiger partial charge < -0.3 is 14.8 Å². The number of amides is 1. The molecule has 0 radical (unpaired) electrons. The topological polar surface area (TPSA) is 94.8 Å². The van der Waals surface area contributed by atoms with Crippen molar-refractivity contribution in [3.8, 4) is 0 Å². The number of fused-ring (bicyclic) bond motifs is 1. The minimum Gasteiger partial charge on any atom is -0.463 e. The molecule has 4 rings (SSSR count). The van der Waals surface area contributed by atoms with Crippen LogP contribution in [0.25, 0.3) is 5.52 Å². The molecule has 1 fully saturated rings. The second-order valence-electron chi connectivity index (χ2n) is 8.34. The van der Waals surface area contributed by atoms with Crippen LogP contribution in [0.3, 0.4) is 0 Å². The molecule has 8 nitrogen and oxygen atoms in total. The first-order valence-electron chi connectivity index (χ1n) is 12.1. The van der Waals surface area contributed by atoms with E-state index in [4.69, 9.17) is 9.47 Å². The van der Waals surface area contributed by atoms with Crippen molar-refractivity contribution >= 4 is 23.2 Å². The third-order valence-electron chi connectivity index (χ3n) is 5.89. The van der Waals surface area contributed by atoms with E-state index in [1.54, 1.807) is 23.6 Å². The van der Waals surface area contributed by atoms with Crippen LogP contribution in [0.15, 0.2) is 42.7 Å². The smallest absolute Gasteiger partial charge is 0.305 e. The Bertz CT molecular complexity index is 1150. The number of hydrogen-bond acceptors (Lipinski definition) is 6. The number of benzene rings is 1. The lowest BCUT2D eigenvalue weighted by molar-refractivity contribution is -0.149. The first-order chi connectivity index (χ1) is 16.9. The van der Waals surface area contributed by atoms with Crippen molar-refractivity contribution < 1.29 is 23.5 Å². The van der Waals surface area contributed by atoms with E-state index in [9.17, 15) is 14.0 Å². The molecule has 1 aliphatic rings. The number of nitrogens with one attached hydrogen (secondary N) is 1. The van der Waals surface area contributed by atoms with Crippen LogP contribution in [-0.4, -0.2) is 39.2 Å². The highest BCUT2D eigenvalue weighted by molar-refractivity contribution is 5.93. The average molecular weight is 485 g/mol. The van der Waals surface area contributed by atoms with Gasteiger partial charge in [0.15, 0.2) is 5.82 Å². The molecule has 1 amide bonds. The Labute approximate surface area is 204 Å². The number of carbonyl (C=O) groups excluding carboxylic acids is 2. The van der Waals surface area contributed by atoms with E-state index in [1.165, 1.54) is 18.5 Å². The van der Waals surface area contributed by atoms with Crippen LogP contribution in [0.1, 0.15) is 64.6 Å². The van der Waals surface area contributed by atoms with Gasteiger partial charge in [0, 0.05) is 12.8 Å². The summed E-state index contributed by atoms with van der Waals surface area (Å²) < 4.78 is 26.2. The van der Waals surface area contributed by atoms with E-state index < -0.39 is 5.60 Å². The predicted molar refractivity (Wildman–Crippen MR) is 130 cm³/mol. The van der Waals surface area contributed by atoms with Gasteiger partial charge in [-0.15, -0.1) is 0 Å². The first-order valence-corrected chi connectivity index (χ1v) is 12.1. The van der Waals surface area contributed by atoms with Crippen molar-refractivity contribution in [2.45, 2.75) is 71.5 Å². The standard InChI is InChI=1S/C24H27FN4O4.C2H6/c1-3-22(31)32-14-18-12-13-24(2,33-18)20-10-9-19-23(26-15-27-29(19)20)28-21(30)11-6-16-4-7-17(25)8-5-16;1-2/h4-5,7-10,15,18H,3,6,11-14H2,1-2H3,(H,26,27,28,30);1-2H3/t18?,24-;/m1./s1. The zero-order valence-corrected chi connectivity index (χ0v) is 20.7. The van der Waals surface area contributed by atoms with E-state index in [-0.39, 0.29) is 36.8 Å². The van der Waals surface area contributed by atoms with Crippen LogP contribution in [0.5, 0.6) is 0 Å². The molecule has 3 heterocycles. The highest BCUT2D eigenvalue weighted by atomic mass is 19.1. The molecule has 2 aromatic heterocycles. The zero-order chi connectivity index (χ0) is 25.4. The molecule has 3 aromatic rings. The summed E-state index contributed by atoms with van der Waals surface area (Å²) >= 11 is 0. The normalized spacial score (nSPS) is 19.2. The number of nitrogens with zero attached hydrogens (tertiary/aromatic N) is 3. The summed E-state index contributed by atoms with van der Waals surface area (Å²) in [5.41, 5.74) is 1.78. The van der Waals surface area contributed by atoms with Crippen LogP contribution in [0.2, 0.25) is 0 Å². The van der Waals surface area contributed by atoms with E-state index in [1.807, 2.05) is 32.9 Å². The fourth-order valence-electron chi connectivity index (χ4n) is 4.05. The molecular weight excluding hydrogens is 451 g/mol. The maximum Gasteiger partial charge on any atom is 0.305 e. The summed E-state index contributed by atoms with van der Waals surface area (Å²) in [6.07, 6.45) is 3.80. The molecule has 1 unspecified atom stereocenters. The summed E-state index contributed by atoms with van der Waals surface area (Å²) in [5, 5.41) is 7.21. The van der Waals surface area contributed by atoms with E-state index >= 15 is 0 Å². The summed E-state index contributed by atoms with van der Waals surface area (Å²) in [6, 6.07) is 9.87. The zero-order valence-electron chi connectivity index (χ0n) is 20.7. The van der Waals surface area contributed by atoms with Crippen LogP contribution in [0, 0.1) is 5.82 Å². The number of esters is 1. The molecule has 2 atom stereocenters. The molecule has 1 saturated heterocycles.